The van der Waals surface area contributed by atoms with Gasteiger partial charge in [0.2, 0.25) is 23.6 Å². The summed E-state index contributed by atoms with van der Waals surface area (Å²) in [7, 11) is 3.42. The second kappa shape index (κ2) is 20.8. The van der Waals surface area contributed by atoms with Crippen LogP contribution in [0.5, 0.6) is 0 Å². The predicted molar refractivity (Wildman–Crippen MR) is 251 cm³/mol. The van der Waals surface area contributed by atoms with Crippen LogP contribution in [-0.2, 0) is 45.1 Å². The number of rotatable bonds is 18. The minimum absolute atomic E-state index is 0.107. The number of likely N-dealkylation sites (tertiary alicyclic amines) is 2. The van der Waals surface area contributed by atoms with Crippen LogP contribution in [-0.4, -0.2) is 116 Å². The van der Waals surface area contributed by atoms with Crippen molar-refractivity contribution in [3.8, 4) is 0 Å². The zero-order chi connectivity index (χ0) is 47.4. The van der Waals surface area contributed by atoms with Gasteiger partial charge in [0.1, 0.15) is 35.4 Å². The van der Waals surface area contributed by atoms with Crippen LogP contribution < -0.4 is 21.3 Å². The summed E-state index contributed by atoms with van der Waals surface area (Å²) in [5.41, 5.74) is 4.62. The molecule has 2 aliphatic heterocycles. The highest BCUT2D eigenvalue weighted by Crippen LogP contribution is 2.29. The smallest absolute Gasteiger partial charge is 0.245 e. The van der Waals surface area contributed by atoms with Gasteiger partial charge in [-0.15, -0.1) is 0 Å². The van der Waals surface area contributed by atoms with Crippen molar-refractivity contribution in [2.45, 2.75) is 129 Å². The zero-order valence-electron chi connectivity index (χ0n) is 39.5. The van der Waals surface area contributed by atoms with Crippen molar-refractivity contribution in [1.29, 1.82) is 0 Å². The normalized spacial score (nSPS) is 18.4. The molecule has 0 spiro atoms. The van der Waals surface area contributed by atoms with Gasteiger partial charge >= 0.3 is 0 Å². The van der Waals surface area contributed by atoms with Gasteiger partial charge in [-0.05, 0) is 101 Å². The van der Waals surface area contributed by atoms with Crippen LogP contribution in [0.2, 0.25) is 0 Å². The van der Waals surface area contributed by atoms with Crippen molar-refractivity contribution >= 4 is 45.7 Å². The molecule has 2 fully saturated rings. The number of imidazole rings is 2. The number of halogens is 2. The Labute approximate surface area is 386 Å². The molecule has 2 aliphatic rings. The number of nitrogens with zero attached hydrogens (tertiary/aromatic N) is 6. The first-order valence-corrected chi connectivity index (χ1v) is 23.5. The van der Waals surface area contributed by atoms with Crippen LogP contribution in [0, 0.1) is 23.5 Å². The lowest BCUT2D eigenvalue weighted by Crippen LogP contribution is -2.55. The molecule has 4 N–H and O–H groups in total. The molecule has 14 nitrogen and oxygen atoms in total. The summed E-state index contributed by atoms with van der Waals surface area (Å²) in [5, 5.41) is 11.8. The van der Waals surface area contributed by atoms with E-state index in [0.717, 1.165) is 59.5 Å². The number of nitrogens with one attached hydrogen (secondary N) is 4. The molecule has 5 aromatic rings. The lowest BCUT2D eigenvalue weighted by atomic mass is 10.0. The van der Waals surface area contributed by atoms with Crippen LogP contribution in [0.3, 0.4) is 0 Å². The van der Waals surface area contributed by atoms with Crippen LogP contribution in [0.25, 0.3) is 22.1 Å². The number of likely N-dealkylation sites (N-methyl/N-ethyl adjacent to an activating group) is 2. The van der Waals surface area contributed by atoms with Gasteiger partial charge in [0.15, 0.2) is 0 Å². The number of benzene rings is 3. The Morgan fingerprint density at radius 3 is 1.33 bits per heavy atom. The van der Waals surface area contributed by atoms with Crippen molar-refractivity contribution in [3.05, 3.63) is 95.1 Å². The predicted octanol–water partition coefficient (Wildman–Crippen LogP) is 5.33. The summed E-state index contributed by atoms with van der Waals surface area (Å²) in [6.07, 6.45) is 4.14. The van der Waals surface area contributed by atoms with E-state index in [1.165, 1.54) is 24.3 Å². The monoisotopic (exact) mass is 909 g/mol. The Kier molecular flexibility index (Phi) is 15.2. The maximum absolute atomic E-state index is 14.6. The number of aromatic nitrogens is 4. The van der Waals surface area contributed by atoms with Crippen molar-refractivity contribution < 1.29 is 28.0 Å². The molecule has 0 unspecified atom stereocenters. The van der Waals surface area contributed by atoms with Crippen molar-refractivity contribution in [3.63, 3.8) is 0 Å². The fraction of sp³-hybridized carbons (Fsp3) is 0.520. The Balaban J connectivity index is 1.10. The molecule has 6 atom stereocenters. The highest BCUT2D eigenvalue weighted by atomic mass is 19.1. The molecule has 0 bridgehead atoms. The summed E-state index contributed by atoms with van der Waals surface area (Å²) >= 11 is 0. The highest BCUT2D eigenvalue weighted by molar-refractivity contribution is 5.91. The second-order valence-electron chi connectivity index (χ2n) is 18.9. The summed E-state index contributed by atoms with van der Waals surface area (Å²) in [6.45, 7) is 13.4. The first-order chi connectivity index (χ1) is 31.6. The fourth-order valence-corrected chi connectivity index (χ4v) is 9.38. The van der Waals surface area contributed by atoms with Gasteiger partial charge in [-0.2, -0.15) is 0 Å². The summed E-state index contributed by atoms with van der Waals surface area (Å²) in [4.78, 5) is 67.6. The number of amides is 4. The van der Waals surface area contributed by atoms with Gasteiger partial charge < -0.3 is 40.2 Å². The average molecular weight is 909 g/mol. The van der Waals surface area contributed by atoms with Gasteiger partial charge in [0, 0.05) is 63.2 Å². The quantitative estimate of drug-likeness (QED) is 0.0920. The van der Waals surface area contributed by atoms with E-state index in [9.17, 15) is 28.0 Å². The van der Waals surface area contributed by atoms with E-state index < -0.39 is 24.2 Å². The molecule has 0 aliphatic carbocycles. The molecule has 16 heteroatoms. The largest absolute Gasteiger partial charge is 0.343 e. The minimum atomic E-state index is -0.671. The van der Waals surface area contributed by atoms with Crippen molar-refractivity contribution in [1.82, 2.24) is 50.2 Å². The molecule has 4 amide bonds. The standard InChI is InChI=1S/C50H66F2N10O4/c1-29(2)45(57-47(63)31(5)53-7)49(65)59-21-9-11-37(59)27-61-41-19-17-35(51)25-39(41)55-43(61)23-33-13-15-34(16-14-33)24-44-56-40-26-36(52)18-20-42(40)62(44)28-38-12-10-22-60(38)50(66)46(30(3)4)58-48(64)32(6)54-8/h13-20,25-26,29-32,37-38,45-46,53-54H,9-12,21-24,27-28H2,1-8H3,(H,57,63)(H,58,64)/t31-,32-,37+,38+,45-,46-/m1/s1. The minimum Gasteiger partial charge on any atom is -0.343 e. The Morgan fingerprint density at radius 1 is 0.606 bits per heavy atom. The number of hydrogen-bond donors (Lipinski definition) is 4. The van der Waals surface area contributed by atoms with Crippen LogP contribution in [0.4, 0.5) is 8.78 Å². The zero-order valence-corrected chi connectivity index (χ0v) is 39.5. The van der Waals surface area contributed by atoms with E-state index in [0.29, 0.717) is 50.1 Å². The molecule has 354 valence electrons. The number of carbonyl (C=O) groups is 4. The molecular weight excluding hydrogens is 843 g/mol. The number of fused-ring (bicyclic) bond motifs is 2. The molecule has 2 aromatic heterocycles. The van der Waals surface area contributed by atoms with E-state index in [-0.39, 0.29) is 59.2 Å². The Bertz CT molecular complexity index is 2360. The molecular formula is C50H66F2N10O4. The Morgan fingerprint density at radius 2 is 0.985 bits per heavy atom. The fourth-order valence-electron chi connectivity index (χ4n) is 9.38. The number of hydrogen-bond acceptors (Lipinski definition) is 8. The third kappa shape index (κ3) is 10.6. The first-order valence-electron chi connectivity index (χ1n) is 23.5. The maximum atomic E-state index is 14.6. The molecule has 0 saturated carbocycles. The maximum Gasteiger partial charge on any atom is 0.245 e. The van der Waals surface area contributed by atoms with E-state index >= 15 is 0 Å². The third-order valence-corrected chi connectivity index (χ3v) is 13.5. The van der Waals surface area contributed by atoms with E-state index in [1.807, 2.05) is 61.8 Å². The second-order valence-corrected chi connectivity index (χ2v) is 18.9. The van der Waals surface area contributed by atoms with Gasteiger partial charge in [-0.1, -0.05) is 52.0 Å². The van der Waals surface area contributed by atoms with Gasteiger partial charge in [0.05, 0.1) is 34.2 Å². The van der Waals surface area contributed by atoms with E-state index in [1.54, 1.807) is 40.1 Å². The van der Waals surface area contributed by atoms with E-state index in [4.69, 9.17) is 9.97 Å². The summed E-state index contributed by atoms with van der Waals surface area (Å²) < 4.78 is 33.3. The SMILES string of the molecule is CN[C@H](C)C(=O)N[C@@H](C(=O)N1CCC[C@H]1Cn1c(Cc2ccc(Cc3nc4cc(F)ccc4n3C[C@@H]3CCCN3C(=O)[C@H](NC(=O)[C@@H](C)NC)C(C)C)cc2)nc2cc(F)ccc21)C(C)C. The molecule has 0 radical (unpaired) electrons. The molecule has 3 aromatic carbocycles. The lowest BCUT2D eigenvalue weighted by Gasteiger charge is -2.32. The van der Waals surface area contributed by atoms with Gasteiger partial charge in [-0.25, -0.2) is 18.7 Å². The van der Waals surface area contributed by atoms with Crippen molar-refractivity contribution in [2.75, 3.05) is 27.2 Å². The topological polar surface area (TPSA) is 159 Å². The van der Waals surface area contributed by atoms with Gasteiger partial charge in [0.25, 0.3) is 0 Å². The first kappa shape index (κ1) is 48.2. The molecule has 66 heavy (non-hydrogen) atoms. The van der Waals surface area contributed by atoms with Crippen LogP contribution in [0.1, 0.15) is 90.0 Å². The van der Waals surface area contributed by atoms with Crippen LogP contribution >= 0.6 is 0 Å². The average Bonchev–Trinajstić information content (AvgIpc) is 4.10. The van der Waals surface area contributed by atoms with Crippen molar-refractivity contribution in [2.24, 2.45) is 11.8 Å². The molecule has 4 heterocycles. The lowest BCUT2D eigenvalue weighted by molar-refractivity contribution is -0.139. The number of carbonyl (C=O) groups excluding carboxylic acids is 4. The molecule has 2 saturated heterocycles. The third-order valence-electron chi connectivity index (χ3n) is 13.5. The molecule has 7 rings (SSSR count). The summed E-state index contributed by atoms with van der Waals surface area (Å²) in [6, 6.07) is 14.9. The highest BCUT2D eigenvalue weighted by Gasteiger charge is 2.38. The Hall–Kier alpha value is -5.74. The van der Waals surface area contributed by atoms with E-state index in [2.05, 4.69) is 30.4 Å². The van der Waals surface area contributed by atoms with Crippen LogP contribution in [0.15, 0.2) is 60.7 Å². The summed E-state index contributed by atoms with van der Waals surface area (Å²) in [5.74, 6) is -0.169. The van der Waals surface area contributed by atoms with Gasteiger partial charge in [-0.3, -0.25) is 19.2 Å².